The fourth-order valence-electron chi connectivity index (χ4n) is 2.09. The predicted molar refractivity (Wildman–Crippen MR) is 78.4 cm³/mol. The number of para-hydroxylation sites is 1. The molecule has 0 unspecified atom stereocenters. The average Bonchev–Trinajstić information content (AvgIpc) is 2.50. The smallest absolute Gasteiger partial charge is 0.187 e. The van der Waals surface area contributed by atoms with Crippen molar-refractivity contribution in [1.29, 1.82) is 0 Å². The summed E-state index contributed by atoms with van der Waals surface area (Å²) in [5, 5.41) is 0. The minimum Gasteiger partial charge on any atom is -0.330 e. The van der Waals surface area contributed by atoms with Crippen molar-refractivity contribution < 1.29 is 8.78 Å². The number of nitrogens with zero attached hydrogens (tertiary/aromatic N) is 3. The molecule has 0 radical (unpaired) electrons. The van der Waals surface area contributed by atoms with E-state index in [0.29, 0.717) is 31.6 Å². The number of anilines is 2. The highest BCUT2D eigenvalue weighted by atomic mass is 19.1. The zero-order valence-electron chi connectivity index (χ0n) is 11.9. The topological polar surface area (TPSA) is 55.0 Å². The van der Waals surface area contributed by atoms with Gasteiger partial charge in [-0.05, 0) is 31.5 Å². The lowest BCUT2D eigenvalue weighted by Gasteiger charge is -2.24. The second-order valence-corrected chi connectivity index (χ2v) is 4.56. The molecule has 0 bridgehead atoms. The average molecular weight is 292 g/mol. The lowest BCUT2D eigenvalue weighted by atomic mass is 10.2. The Morgan fingerprint density at radius 2 is 1.95 bits per heavy atom. The number of aryl methyl sites for hydroxylation is 1. The second-order valence-electron chi connectivity index (χ2n) is 4.56. The molecule has 2 N–H and O–H groups in total. The number of halogens is 2. The third-order valence-corrected chi connectivity index (χ3v) is 3.16. The number of hydrogen-bond acceptors (Lipinski definition) is 4. The van der Waals surface area contributed by atoms with Gasteiger partial charge in [0.25, 0.3) is 0 Å². The first-order chi connectivity index (χ1) is 10.2. The highest BCUT2D eigenvalue weighted by molar-refractivity contribution is 5.61. The molecule has 1 heterocycles. The summed E-state index contributed by atoms with van der Waals surface area (Å²) in [5.74, 6) is -0.855. The quantitative estimate of drug-likeness (QED) is 0.889. The third kappa shape index (κ3) is 3.33. The van der Waals surface area contributed by atoms with Crippen molar-refractivity contribution in [3.8, 4) is 0 Å². The van der Waals surface area contributed by atoms with Crippen LogP contribution in [0.5, 0.6) is 0 Å². The van der Waals surface area contributed by atoms with E-state index in [9.17, 15) is 8.78 Å². The molecule has 0 saturated carbocycles. The number of hydrogen-bond donors (Lipinski definition) is 1. The fraction of sp³-hybridized carbons (Fsp3) is 0.333. The summed E-state index contributed by atoms with van der Waals surface area (Å²) >= 11 is 0. The summed E-state index contributed by atoms with van der Waals surface area (Å²) in [7, 11) is 0. The van der Waals surface area contributed by atoms with E-state index in [0.717, 1.165) is 0 Å². The molecule has 0 saturated heterocycles. The van der Waals surface area contributed by atoms with Crippen molar-refractivity contribution in [1.82, 2.24) is 9.97 Å². The van der Waals surface area contributed by atoms with E-state index >= 15 is 0 Å². The van der Waals surface area contributed by atoms with Gasteiger partial charge in [0, 0.05) is 6.54 Å². The summed E-state index contributed by atoms with van der Waals surface area (Å²) in [6.45, 7) is 2.62. The van der Waals surface area contributed by atoms with Crippen LogP contribution < -0.4 is 10.6 Å². The first kappa shape index (κ1) is 15.3. The Balaban J connectivity index is 2.48. The molecule has 0 aliphatic heterocycles. The monoisotopic (exact) mass is 292 g/mol. The Morgan fingerprint density at radius 3 is 2.62 bits per heavy atom. The van der Waals surface area contributed by atoms with Gasteiger partial charge >= 0.3 is 0 Å². The zero-order chi connectivity index (χ0) is 15.2. The van der Waals surface area contributed by atoms with Crippen molar-refractivity contribution in [3.63, 3.8) is 0 Å². The van der Waals surface area contributed by atoms with Gasteiger partial charge in [-0.15, -0.1) is 0 Å². The SMILES string of the molecule is CCc1ncnc(N(CCCN)c2ccccc2F)c1F. The molecule has 1 aromatic heterocycles. The summed E-state index contributed by atoms with van der Waals surface area (Å²) < 4.78 is 28.5. The summed E-state index contributed by atoms with van der Waals surface area (Å²) in [5.41, 5.74) is 6.12. The molecule has 0 fully saturated rings. The van der Waals surface area contributed by atoms with E-state index in [1.165, 1.54) is 17.3 Å². The number of nitrogens with two attached hydrogens (primary N) is 1. The zero-order valence-corrected chi connectivity index (χ0v) is 11.9. The molecule has 0 aliphatic carbocycles. The largest absolute Gasteiger partial charge is 0.330 e. The van der Waals surface area contributed by atoms with E-state index in [4.69, 9.17) is 5.73 Å². The highest BCUT2D eigenvalue weighted by Gasteiger charge is 2.20. The lowest BCUT2D eigenvalue weighted by molar-refractivity contribution is 0.584. The van der Waals surface area contributed by atoms with Crippen molar-refractivity contribution in [2.24, 2.45) is 5.73 Å². The Bertz CT molecular complexity index is 604. The van der Waals surface area contributed by atoms with Crippen molar-refractivity contribution >= 4 is 11.5 Å². The maximum atomic E-state index is 14.4. The molecule has 0 spiro atoms. The van der Waals surface area contributed by atoms with Crippen LogP contribution in [-0.2, 0) is 6.42 Å². The van der Waals surface area contributed by atoms with Gasteiger partial charge in [0.15, 0.2) is 11.6 Å². The van der Waals surface area contributed by atoms with E-state index in [-0.39, 0.29) is 11.5 Å². The molecule has 112 valence electrons. The predicted octanol–water partition coefficient (Wildman–Crippen LogP) is 2.80. The molecule has 0 aliphatic rings. The minimum atomic E-state index is -0.514. The van der Waals surface area contributed by atoms with Crippen molar-refractivity contribution in [3.05, 3.63) is 47.9 Å². The summed E-state index contributed by atoms with van der Waals surface area (Å²) in [6.07, 6.45) is 2.34. The van der Waals surface area contributed by atoms with Gasteiger partial charge < -0.3 is 10.6 Å². The molecule has 4 nitrogen and oxygen atoms in total. The highest BCUT2D eigenvalue weighted by Crippen LogP contribution is 2.29. The standard InChI is InChI=1S/C15H18F2N4/c1-2-12-14(17)15(20-10-19-12)21(9-5-8-18)13-7-4-3-6-11(13)16/h3-4,6-7,10H,2,5,8-9,18H2,1H3. The van der Waals surface area contributed by atoms with Gasteiger partial charge in [-0.3, -0.25) is 0 Å². The Hall–Kier alpha value is -2.08. The molecule has 2 rings (SSSR count). The van der Waals surface area contributed by atoms with E-state index < -0.39 is 11.6 Å². The third-order valence-electron chi connectivity index (χ3n) is 3.16. The molecular weight excluding hydrogens is 274 g/mol. The number of benzene rings is 1. The molecule has 0 amide bonds. The van der Waals surface area contributed by atoms with Crippen molar-refractivity contribution in [2.75, 3.05) is 18.0 Å². The maximum Gasteiger partial charge on any atom is 0.187 e. The van der Waals surface area contributed by atoms with Crippen LogP contribution in [0.25, 0.3) is 0 Å². The lowest BCUT2D eigenvalue weighted by Crippen LogP contribution is -2.24. The van der Waals surface area contributed by atoms with E-state index in [1.807, 2.05) is 6.92 Å². The second kappa shape index (κ2) is 7.08. The number of rotatable bonds is 6. The molecular formula is C15H18F2N4. The maximum absolute atomic E-state index is 14.4. The molecule has 0 atom stereocenters. The Morgan fingerprint density at radius 1 is 1.19 bits per heavy atom. The summed E-state index contributed by atoms with van der Waals surface area (Å²) in [6, 6.07) is 6.23. The van der Waals surface area contributed by atoms with Crippen LogP contribution in [0.2, 0.25) is 0 Å². The first-order valence-electron chi connectivity index (χ1n) is 6.90. The Kier molecular flexibility index (Phi) is 5.16. The minimum absolute atomic E-state index is 0.0837. The van der Waals surface area contributed by atoms with Gasteiger partial charge in [0.05, 0.1) is 11.4 Å². The van der Waals surface area contributed by atoms with E-state index in [2.05, 4.69) is 9.97 Å². The van der Waals surface area contributed by atoms with Gasteiger partial charge in [0.1, 0.15) is 12.1 Å². The normalized spacial score (nSPS) is 10.7. The summed E-state index contributed by atoms with van der Waals surface area (Å²) in [4.78, 5) is 9.41. The van der Waals surface area contributed by atoms with Crippen LogP contribution >= 0.6 is 0 Å². The molecule has 21 heavy (non-hydrogen) atoms. The molecule has 6 heteroatoms. The van der Waals surface area contributed by atoms with Crippen LogP contribution in [-0.4, -0.2) is 23.1 Å². The van der Waals surface area contributed by atoms with Crippen LogP contribution in [0, 0.1) is 11.6 Å². The molecule has 1 aromatic carbocycles. The van der Waals surface area contributed by atoms with Crippen LogP contribution in [0.4, 0.5) is 20.3 Å². The van der Waals surface area contributed by atoms with E-state index in [1.54, 1.807) is 18.2 Å². The fourth-order valence-corrected chi connectivity index (χ4v) is 2.09. The van der Waals surface area contributed by atoms with Crippen molar-refractivity contribution in [2.45, 2.75) is 19.8 Å². The first-order valence-corrected chi connectivity index (χ1v) is 6.90. The van der Waals surface area contributed by atoms with Crippen LogP contribution in [0.15, 0.2) is 30.6 Å². The van der Waals surface area contributed by atoms with Crippen LogP contribution in [0.1, 0.15) is 19.0 Å². The van der Waals surface area contributed by atoms with Crippen LogP contribution in [0.3, 0.4) is 0 Å². The van der Waals surface area contributed by atoms with Gasteiger partial charge in [-0.25, -0.2) is 18.7 Å². The van der Waals surface area contributed by atoms with Gasteiger partial charge in [-0.2, -0.15) is 0 Å². The van der Waals surface area contributed by atoms with Gasteiger partial charge in [-0.1, -0.05) is 19.1 Å². The van der Waals surface area contributed by atoms with Gasteiger partial charge in [0.2, 0.25) is 0 Å². The Labute approximate surface area is 122 Å². The molecule has 2 aromatic rings. The number of aromatic nitrogens is 2.